The van der Waals surface area contributed by atoms with Gasteiger partial charge in [-0.25, -0.2) is 13.2 Å². The summed E-state index contributed by atoms with van der Waals surface area (Å²) in [6, 6.07) is 6.27. The maximum atomic E-state index is 12.5. The Morgan fingerprint density at radius 2 is 1.81 bits per heavy atom. The Balaban J connectivity index is 2.15. The van der Waals surface area contributed by atoms with Crippen LogP contribution < -0.4 is 0 Å². The summed E-state index contributed by atoms with van der Waals surface area (Å²) in [6.07, 6.45) is 4.23. The largest absolute Gasteiger partial charge is 0.478 e. The van der Waals surface area contributed by atoms with Gasteiger partial charge in [-0.3, -0.25) is 0 Å². The van der Waals surface area contributed by atoms with Crippen molar-refractivity contribution in [2.24, 2.45) is 5.92 Å². The number of hydrogen-bond donors (Lipinski definition) is 1. The van der Waals surface area contributed by atoms with E-state index in [0.29, 0.717) is 24.6 Å². The molecule has 1 N–H and O–H groups in total. The highest BCUT2D eigenvalue weighted by Gasteiger charge is 2.27. The number of carboxylic acids is 1. The molecule has 1 aromatic rings. The van der Waals surface area contributed by atoms with E-state index in [1.54, 1.807) is 12.1 Å². The molecule has 0 aliphatic carbocycles. The van der Waals surface area contributed by atoms with Crippen LogP contribution in [0.5, 0.6) is 0 Å². The Hall–Kier alpha value is -1.66. The molecule has 1 aliphatic heterocycles. The lowest BCUT2D eigenvalue weighted by Gasteiger charge is -2.29. The van der Waals surface area contributed by atoms with E-state index < -0.39 is 16.0 Å². The quantitative estimate of drug-likeness (QED) is 0.865. The van der Waals surface area contributed by atoms with Gasteiger partial charge in [-0.2, -0.15) is 4.31 Å². The lowest BCUT2D eigenvalue weighted by Crippen LogP contribution is -2.37. The van der Waals surface area contributed by atoms with E-state index in [0.717, 1.165) is 18.9 Å². The molecule has 2 rings (SSSR count). The van der Waals surface area contributed by atoms with Gasteiger partial charge in [0.25, 0.3) is 0 Å². The standard InChI is InChI=1S/C15H19NO4S/c1-12-8-10-16(11-9-12)21(19,20)14-5-2-13(3-6-14)4-7-15(17)18/h2-7,12H,8-11H2,1H3,(H,17,18)/b7-4+. The van der Waals surface area contributed by atoms with Gasteiger partial charge in [0, 0.05) is 19.2 Å². The normalized spacial score (nSPS) is 18.1. The molecule has 5 nitrogen and oxygen atoms in total. The van der Waals surface area contributed by atoms with Crippen molar-refractivity contribution < 1.29 is 18.3 Å². The first-order valence-corrected chi connectivity index (χ1v) is 8.35. The molecule has 0 bridgehead atoms. The van der Waals surface area contributed by atoms with E-state index in [-0.39, 0.29) is 4.90 Å². The van der Waals surface area contributed by atoms with Crippen molar-refractivity contribution in [1.29, 1.82) is 0 Å². The van der Waals surface area contributed by atoms with Crippen LogP contribution in [0.2, 0.25) is 0 Å². The summed E-state index contributed by atoms with van der Waals surface area (Å²) in [5, 5.41) is 8.56. The second-order valence-corrected chi connectivity index (χ2v) is 7.27. The third-order valence-corrected chi connectivity index (χ3v) is 5.59. The average Bonchev–Trinajstić information content (AvgIpc) is 2.46. The lowest BCUT2D eigenvalue weighted by molar-refractivity contribution is -0.131. The molecule has 0 radical (unpaired) electrons. The number of sulfonamides is 1. The topological polar surface area (TPSA) is 74.7 Å². The van der Waals surface area contributed by atoms with Crippen LogP contribution in [-0.2, 0) is 14.8 Å². The Morgan fingerprint density at radius 1 is 1.24 bits per heavy atom. The predicted octanol–water partition coefficient (Wildman–Crippen LogP) is 2.21. The van der Waals surface area contributed by atoms with E-state index >= 15 is 0 Å². The molecule has 1 aliphatic rings. The molecule has 1 aromatic carbocycles. The maximum absolute atomic E-state index is 12.5. The van der Waals surface area contributed by atoms with Crippen LogP contribution in [0.25, 0.3) is 6.08 Å². The van der Waals surface area contributed by atoms with Gasteiger partial charge in [0.1, 0.15) is 0 Å². The van der Waals surface area contributed by atoms with Crippen LogP contribution in [0.3, 0.4) is 0 Å². The van der Waals surface area contributed by atoms with Gasteiger partial charge < -0.3 is 5.11 Å². The summed E-state index contributed by atoms with van der Waals surface area (Å²) in [7, 11) is -3.44. The van der Waals surface area contributed by atoms with Gasteiger partial charge in [-0.15, -0.1) is 0 Å². The van der Waals surface area contributed by atoms with E-state index in [1.165, 1.54) is 22.5 Å². The highest BCUT2D eigenvalue weighted by Crippen LogP contribution is 2.23. The van der Waals surface area contributed by atoms with Gasteiger partial charge in [0.2, 0.25) is 10.0 Å². The summed E-state index contributed by atoms with van der Waals surface area (Å²) in [6.45, 7) is 3.25. The number of carboxylic acid groups (broad SMARTS) is 1. The molecule has 6 heteroatoms. The van der Waals surface area contributed by atoms with Crippen molar-refractivity contribution in [2.75, 3.05) is 13.1 Å². The third kappa shape index (κ3) is 3.92. The van der Waals surface area contributed by atoms with Crippen LogP contribution in [0.1, 0.15) is 25.3 Å². The molecule has 0 spiro atoms. The van der Waals surface area contributed by atoms with Gasteiger partial charge in [0.15, 0.2) is 0 Å². The molecule has 0 amide bonds. The van der Waals surface area contributed by atoms with Crippen molar-refractivity contribution in [2.45, 2.75) is 24.7 Å². The van der Waals surface area contributed by atoms with Crippen molar-refractivity contribution in [3.8, 4) is 0 Å². The number of piperidine rings is 1. The molecular formula is C15H19NO4S. The zero-order valence-corrected chi connectivity index (χ0v) is 12.7. The number of aliphatic carboxylic acids is 1. The number of nitrogens with zero attached hydrogens (tertiary/aromatic N) is 1. The number of benzene rings is 1. The summed E-state index contributed by atoms with van der Waals surface area (Å²) in [4.78, 5) is 10.7. The van der Waals surface area contributed by atoms with Crippen LogP contribution in [0, 0.1) is 5.92 Å². The molecular weight excluding hydrogens is 290 g/mol. The van der Waals surface area contributed by atoms with Crippen molar-refractivity contribution in [3.63, 3.8) is 0 Å². The van der Waals surface area contributed by atoms with E-state index in [1.807, 2.05) is 0 Å². The first-order valence-electron chi connectivity index (χ1n) is 6.91. The first-order chi connectivity index (χ1) is 9.89. The Morgan fingerprint density at radius 3 is 2.33 bits per heavy atom. The number of rotatable bonds is 4. The zero-order chi connectivity index (χ0) is 15.5. The molecule has 1 heterocycles. The molecule has 21 heavy (non-hydrogen) atoms. The molecule has 0 aromatic heterocycles. The van der Waals surface area contributed by atoms with Gasteiger partial charge >= 0.3 is 5.97 Å². The van der Waals surface area contributed by atoms with Crippen LogP contribution in [-0.4, -0.2) is 36.9 Å². The highest BCUT2D eigenvalue weighted by molar-refractivity contribution is 7.89. The second kappa shape index (κ2) is 6.41. The van der Waals surface area contributed by atoms with Crippen LogP contribution >= 0.6 is 0 Å². The minimum absolute atomic E-state index is 0.254. The summed E-state index contributed by atoms with van der Waals surface area (Å²) in [5.41, 5.74) is 0.656. The fourth-order valence-corrected chi connectivity index (χ4v) is 3.76. The number of hydrogen-bond acceptors (Lipinski definition) is 3. The monoisotopic (exact) mass is 309 g/mol. The molecule has 0 atom stereocenters. The van der Waals surface area contributed by atoms with E-state index in [4.69, 9.17) is 5.11 Å². The third-order valence-electron chi connectivity index (χ3n) is 3.68. The molecule has 1 fully saturated rings. The molecule has 0 unspecified atom stereocenters. The minimum Gasteiger partial charge on any atom is -0.478 e. The SMILES string of the molecule is CC1CCN(S(=O)(=O)c2ccc(/C=C/C(=O)O)cc2)CC1. The summed E-state index contributed by atoms with van der Waals surface area (Å²) < 4.78 is 26.5. The minimum atomic E-state index is -3.44. The smallest absolute Gasteiger partial charge is 0.328 e. The van der Waals surface area contributed by atoms with Gasteiger partial charge in [-0.1, -0.05) is 19.1 Å². The lowest BCUT2D eigenvalue weighted by atomic mass is 10.0. The van der Waals surface area contributed by atoms with E-state index in [9.17, 15) is 13.2 Å². The van der Waals surface area contributed by atoms with Gasteiger partial charge in [-0.05, 0) is 42.5 Å². The summed E-state index contributed by atoms with van der Waals surface area (Å²) in [5.74, 6) is -0.464. The van der Waals surface area contributed by atoms with Crippen molar-refractivity contribution in [1.82, 2.24) is 4.31 Å². The second-order valence-electron chi connectivity index (χ2n) is 5.33. The maximum Gasteiger partial charge on any atom is 0.328 e. The number of carbonyl (C=O) groups is 1. The van der Waals surface area contributed by atoms with Crippen LogP contribution in [0.15, 0.2) is 35.2 Å². The Bertz CT molecular complexity index is 626. The molecule has 0 saturated carbocycles. The average molecular weight is 309 g/mol. The predicted molar refractivity (Wildman–Crippen MR) is 80.3 cm³/mol. The summed E-state index contributed by atoms with van der Waals surface area (Å²) >= 11 is 0. The fraction of sp³-hybridized carbons (Fsp3) is 0.400. The Kier molecular flexibility index (Phi) is 4.80. The Labute approximate surface area is 124 Å². The molecule has 114 valence electrons. The first kappa shape index (κ1) is 15.7. The van der Waals surface area contributed by atoms with Crippen molar-refractivity contribution >= 4 is 22.1 Å². The van der Waals surface area contributed by atoms with Crippen molar-refractivity contribution in [3.05, 3.63) is 35.9 Å². The zero-order valence-electron chi connectivity index (χ0n) is 11.9. The molecule has 1 saturated heterocycles. The van der Waals surface area contributed by atoms with Crippen LogP contribution in [0.4, 0.5) is 0 Å². The van der Waals surface area contributed by atoms with E-state index in [2.05, 4.69) is 6.92 Å². The van der Waals surface area contributed by atoms with Gasteiger partial charge in [0.05, 0.1) is 4.90 Å². The highest BCUT2D eigenvalue weighted by atomic mass is 32.2. The fourth-order valence-electron chi connectivity index (χ4n) is 2.29.